The van der Waals surface area contributed by atoms with Crippen LogP contribution in [0.25, 0.3) is 11.0 Å². The number of fused-ring (bicyclic) bond motifs is 1. The Morgan fingerprint density at radius 3 is 2.60 bits per heavy atom. The van der Waals surface area contributed by atoms with Crippen LogP contribution >= 0.6 is 0 Å². The molecule has 8 heteroatoms. The molecule has 0 radical (unpaired) electrons. The van der Waals surface area contributed by atoms with Crippen LogP contribution in [0.5, 0.6) is 0 Å². The number of alkyl carbamates (subject to hydrolysis) is 1. The first-order valence-electron chi connectivity index (χ1n) is 7.62. The van der Waals surface area contributed by atoms with Crippen molar-refractivity contribution in [3.8, 4) is 0 Å². The highest BCUT2D eigenvalue weighted by Gasteiger charge is 2.22. The molecule has 25 heavy (non-hydrogen) atoms. The van der Waals surface area contributed by atoms with Crippen molar-refractivity contribution < 1.29 is 19.4 Å². The monoisotopic (exact) mass is 340 g/mol. The van der Waals surface area contributed by atoms with Gasteiger partial charge in [0.1, 0.15) is 18.2 Å². The smallest absolute Gasteiger partial charge is 0.408 e. The Labute approximate surface area is 143 Å². The Balaban J connectivity index is 1.63. The Kier molecular flexibility index (Phi) is 4.89. The molecule has 0 aliphatic heterocycles. The largest absolute Gasteiger partial charge is 0.480 e. The fourth-order valence-corrected chi connectivity index (χ4v) is 2.32. The molecule has 0 aliphatic rings. The van der Waals surface area contributed by atoms with Gasteiger partial charge in [0, 0.05) is 0 Å². The molecule has 8 nitrogen and oxygen atoms in total. The van der Waals surface area contributed by atoms with Gasteiger partial charge in [-0.1, -0.05) is 47.7 Å². The number of aromatic nitrogens is 3. The number of hydrogen-bond acceptors (Lipinski definition) is 5. The van der Waals surface area contributed by atoms with Crippen LogP contribution in [0, 0.1) is 0 Å². The molecule has 0 aliphatic carbocycles. The first-order valence-corrected chi connectivity index (χ1v) is 7.62. The normalized spacial score (nSPS) is 11.8. The second kappa shape index (κ2) is 7.43. The zero-order valence-corrected chi connectivity index (χ0v) is 13.2. The Hall–Kier alpha value is -3.42. The average Bonchev–Trinajstić information content (AvgIpc) is 3.03. The molecule has 0 spiro atoms. The van der Waals surface area contributed by atoms with Gasteiger partial charge in [0.15, 0.2) is 0 Å². The molecule has 3 aromatic rings. The number of aliphatic carboxylic acids is 1. The lowest BCUT2D eigenvalue weighted by Crippen LogP contribution is -2.44. The van der Waals surface area contributed by atoms with E-state index in [0.29, 0.717) is 11.0 Å². The SMILES string of the molecule is O=C(NC(Cn1nnc2ccccc21)C(=O)O)OCc1ccccc1. The summed E-state index contributed by atoms with van der Waals surface area (Å²) in [4.78, 5) is 23.3. The third kappa shape index (κ3) is 4.11. The molecular formula is C17H16N4O4. The Morgan fingerprint density at radius 2 is 1.84 bits per heavy atom. The number of benzene rings is 2. The zero-order valence-electron chi connectivity index (χ0n) is 13.2. The van der Waals surface area contributed by atoms with E-state index in [0.717, 1.165) is 5.56 Å². The van der Waals surface area contributed by atoms with E-state index in [1.165, 1.54) is 4.68 Å². The maximum atomic E-state index is 11.9. The van der Waals surface area contributed by atoms with Gasteiger partial charge >= 0.3 is 12.1 Å². The van der Waals surface area contributed by atoms with Crippen LogP contribution in [0.4, 0.5) is 4.79 Å². The lowest BCUT2D eigenvalue weighted by atomic mass is 10.2. The van der Waals surface area contributed by atoms with Crippen LogP contribution in [-0.4, -0.2) is 38.2 Å². The lowest BCUT2D eigenvalue weighted by Gasteiger charge is -2.14. The summed E-state index contributed by atoms with van der Waals surface area (Å²) in [5.41, 5.74) is 2.15. The molecule has 2 N–H and O–H groups in total. The topological polar surface area (TPSA) is 106 Å². The standard InChI is InChI=1S/C17H16N4O4/c22-16(23)14(10-21-15-9-5-4-8-13(15)19-20-21)18-17(24)25-11-12-6-2-1-3-7-12/h1-9,14H,10-11H2,(H,18,24)(H,22,23). The Morgan fingerprint density at radius 1 is 1.12 bits per heavy atom. The number of amides is 1. The molecule has 128 valence electrons. The summed E-state index contributed by atoms with van der Waals surface area (Å²) in [6.07, 6.45) is -0.805. The quantitative estimate of drug-likeness (QED) is 0.709. The van der Waals surface area contributed by atoms with Crippen LogP contribution in [0.2, 0.25) is 0 Å². The van der Waals surface area contributed by atoms with Crippen molar-refractivity contribution in [2.75, 3.05) is 0 Å². The number of carbonyl (C=O) groups excluding carboxylic acids is 1. The summed E-state index contributed by atoms with van der Waals surface area (Å²) in [6.45, 7) is 0.00154. The number of ether oxygens (including phenoxy) is 1. The number of nitrogens with zero attached hydrogens (tertiary/aromatic N) is 3. The minimum Gasteiger partial charge on any atom is -0.480 e. The number of rotatable bonds is 6. The number of carbonyl (C=O) groups is 2. The molecule has 1 heterocycles. The molecular weight excluding hydrogens is 324 g/mol. The minimum atomic E-state index is -1.19. The van der Waals surface area contributed by atoms with Crippen LogP contribution in [-0.2, 0) is 22.7 Å². The molecule has 0 saturated carbocycles. The van der Waals surface area contributed by atoms with Crippen LogP contribution < -0.4 is 5.32 Å². The maximum absolute atomic E-state index is 11.9. The van der Waals surface area contributed by atoms with Crippen molar-refractivity contribution in [3.05, 3.63) is 60.2 Å². The molecule has 2 aromatic carbocycles. The van der Waals surface area contributed by atoms with Crippen molar-refractivity contribution in [1.29, 1.82) is 0 Å². The van der Waals surface area contributed by atoms with E-state index < -0.39 is 18.1 Å². The van der Waals surface area contributed by atoms with Crippen molar-refractivity contribution in [3.63, 3.8) is 0 Å². The highest BCUT2D eigenvalue weighted by Crippen LogP contribution is 2.10. The van der Waals surface area contributed by atoms with Gasteiger partial charge in [0.05, 0.1) is 12.1 Å². The molecule has 1 unspecified atom stereocenters. The van der Waals surface area contributed by atoms with Gasteiger partial charge in [0.2, 0.25) is 0 Å². The van der Waals surface area contributed by atoms with Crippen molar-refractivity contribution in [2.24, 2.45) is 0 Å². The maximum Gasteiger partial charge on any atom is 0.408 e. The van der Waals surface area contributed by atoms with Gasteiger partial charge < -0.3 is 15.2 Å². The van der Waals surface area contributed by atoms with E-state index >= 15 is 0 Å². The van der Waals surface area contributed by atoms with Crippen LogP contribution in [0.3, 0.4) is 0 Å². The summed E-state index contributed by atoms with van der Waals surface area (Å²) in [5, 5.41) is 19.6. The van der Waals surface area contributed by atoms with E-state index in [1.54, 1.807) is 18.2 Å². The van der Waals surface area contributed by atoms with Gasteiger partial charge in [-0.3, -0.25) is 0 Å². The first-order chi connectivity index (χ1) is 12.1. The summed E-state index contributed by atoms with van der Waals surface area (Å²) in [5.74, 6) is -1.18. The molecule has 1 aromatic heterocycles. The van der Waals surface area contributed by atoms with Crippen molar-refractivity contribution >= 4 is 23.1 Å². The molecule has 3 rings (SSSR count). The molecule has 0 fully saturated rings. The van der Waals surface area contributed by atoms with E-state index in [1.807, 2.05) is 36.4 Å². The predicted octanol–water partition coefficient (Wildman–Crippen LogP) is 1.81. The number of para-hydroxylation sites is 1. The molecule has 1 atom stereocenters. The predicted molar refractivity (Wildman–Crippen MR) is 88.7 cm³/mol. The molecule has 0 bridgehead atoms. The van der Waals surface area contributed by atoms with Gasteiger partial charge in [0.25, 0.3) is 0 Å². The lowest BCUT2D eigenvalue weighted by molar-refractivity contribution is -0.139. The van der Waals surface area contributed by atoms with E-state index in [2.05, 4.69) is 15.6 Å². The van der Waals surface area contributed by atoms with E-state index in [9.17, 15) is 14.7 Å². The van der Waals surface area contributed by atoms with Crippen molar-refractivity contribution in [1.82, 2.24) is 20.3 Å². The summed E-state index contributed by atoms with van der Waals surface area (Å²) >= 11 is 0. The minimum absolute atomic E-state index is 0.0592. The van der Waals surface area contributed by atoms with Crippen molar-refractivity contribution in [2.45, 2.75) is 19.2 Å². The number of nitrogens with one attached hydrogen (secondary N) is 1. The number of carboxylic acids is 1. The van der Waals surface area contributed by atoms with Gasteiger partial charge in [-0.05, 0) is 17.7 Å². The highest BCUT2D eigenvalue weighted by molar-refractivity contribution is 5.80. The summed E-state index contributed by atoms with van der Waals surface area (Å²) < 4.78 is 6.49. The van der Waals surface area contributed by atoms with Gasteiger partial charge in [-0.2, -0.15) is 0 Å². The molecule has 0 saturated heterocycles. The fraction of sp³-hybridized carbons (Fsp3) is 0.176. The third-order valence-corrected chi connectivity index (χ3v) is 3.58. The van der Waals surface area contributed by atoms with Gasteiger partial charge in [-0.25, -0.2) is 14.3 Å². The molecule has 1 amide bonds. The number of hydrogen-bond donors (Lipinski definition) is 2. The van der Waals surface area contributed by atoms with Crippen LogP contribution in [0.15, 0.2) is 54.6 Å². The second-order valence-corrected chi connectivity index (χ2v) is 5.36. The highest BCUT2D eigenvalue weighted by atomic mass is 16.5. The van der Waals surface area contributed by atoms with Crippen LogP contribution in [0.1, 0.15) is 5.56 Å². The number of carboxylic acid groups (broad SMARTS) is 1. The third-order valence-electron chi connectivity index (χ3n) is 3.58. The van der Waals surface area contributed by atoms with Gasteiger partial charge in [-0.15, -0.1) is 5.10 Å². The second-order valence-electron chi connectivity index (χ2n) is 5.36. The fourth-order valence-electron chi connectivity index (χ4n) is 2.32. The average molecular weight is 340 g/mol. The first kappa shape index (κ1) is 16.4. The van der Waals surface area contributed by atoms with E-state index in [4.69, 9.17) is 4.74 Å². The van der Waals surface area contributed by atoms with E-state index in [-0.39, 0.29) is 13.2 Å². The zero-order chi connectivity index (χ0) is 17.6. The Bertz CT molecular complexity index is 878. The summed E-state index contributed by atoms with van der Waals surface area (Å²) in [7, 11) is 0. The summed E-state index contributed by atoms with van der Waals surface area (Å²) in [6, 6.07) is 15.1.